The molecule has 2 aromatic carbocycles. The first-order valence-electron chi connectivity index (χ1n) is 15.8. The molecule has 15 heteroatoms. The molecule has 2 saturated heterocycles. The fourth-order valence-corrected chi connectivity index (χ4v) is 8.49. The summed E-state index contributed by atoms with van der Waals surface area (Å²) in [4.78, 5) is 27.8. The Labute approximate surface area is 283 Å². The number of hydrogen-bond acceptors (Lipinski definition) is 10. The van der Waals surface area contributed by atoms with Crippen molar-refractivity contribution >= 4 is 60.7 Å². The minimum absolute atomic E-state index is 0.000653. The van der Waals surface area contributed by atoms with E-state index in [4.69, 9.17) is 31.8 Å². The monoisotopic (exact) mass is 699 g/mol. The Morgan fingerprint density at radius 1 is 1.33 bits per heavy atom. The molecule has 0 spiro atoms. The quantitative estimate of drug-likeness (QED) is 0.251. The summed E-state index contributed by atoms with van der Waals surface area (Å²) in [5, 5.41) is 10.1. The van der Waals surface area contributed by atoms with E-state index in [1.54, 1.807) is 16.8 Å². The molecule has 48 heavy (non-hydrogen) atoms. The molecule has 252 valence electrons. The van der Waals surface area contributed by atoms with Gasteiger partial charge in [0.2, 0.25) is 5.91 Å². The summed E-state index contributed by atoms with van der Waals surface area (Å²) < 4.78 is 59.2. The third kappa shape index (κ3) is 5.05. The minimum atomic E-state index is -0.979. The van der Waals surface area contributed by atoms with Gasteiger partial charge in [-0.2, -0.15) is 15.2 Å². The van der Waals surface area contributed by atoms with Gasteiger partial charge in [0.1, 0.15) is 47.6 Å². The minimum Gasteiger partial charge on any atom is -0.489 e. The second kappa shape index (κ2) is 12.1. The lowest BCUT2D eigenvalue weighted by atomic mass is 9.95. The number of rotatable bonds is 7. The SMILES string of the molecule is CCN(C)C(=O)CN1c2nc(OC[C@@]34CCCN3C[C@H](F)C4)nc3c(F)c(-c4ccc(F)c5sc(N)c(C#N)c45)c(Cl)c(c23)OC[C@@H]1C. The number of thiophene rings is 1. The van der Waals surface area contributed by atoms with E-state index < -0.39 is 29.4 Å². The maximum Gasteiger partial charge on any atom is 0.319 e. The van der Waals surface area contributed by atoms with E-state index in [9.17, 15) is 18.8 Å². The third-order valence-corrected chi connectivity index (χ3v) is 11.2. The zero-order valence-corrected chi connectivity index (χ0v) is 28.2. The molecule has 2 fully saturated rings. The zero-order chi connectivity index (χ0) is 34.1. The smallest absolute Gasteiger partial charge is 0.319 e. The van der Waals surface area contributed by atoms with E-state index in [-0.39, 0.29) is 90.9 Å². The van der Waals surface area contributed by atoms with Crippen molar-refractivity contribution in [1.29, 1.82) is 5.26 Å². The Kier molecular flexibility index (Phi) is 8.20. The average molecular weight is 700 g/mol. The molecule has 0 bridgehead atoms. The highest BCUT2D eigenvalue weighted by molar-refractivity contribution is 7.23. The summed E-state index contributed by atoms with van der Waals surface area (Å²) in [7, 11) is 1.69. The van der Waals surface area contributed by atoms with Crippen molar-refractivity contribution in [2.75, 3.05) is 57.1 Å². The second-order valence-electron chi connectivity index (χ2n) is 12.7. The normalized spacial score (nSPS) is 22.1. The Morgan fingerprint density at radius 2 is 2.12 bits per heavy atom. The standard InChI is InChI=1S/C33H33ClF3N7O3S/c1-4-42(3)21(45)13-44-16(2)14-46-28-24-27(40-32(41-31(24)44)47-15-33-8-5-9-43(33)12-17(35)10-33)26(37)23(25(28)34)18-6-7-20(36)29-22(18)19(11-38)30(39)48-29/h6-7,16-17H,4-5,8-10,12-15,39H2,1-3H3/t16-,17+,33-/m0/s1. The van der Waals surface area contributed by atoms with Crippen molar-refractivity contribution in [3.8, 4) is 29.0 Å². The number of aromatic nitrogens is 2. The van der Waals surface area contributed by atoms with Crippen LogP contribution in [-0.4, -0.2) is 89.9 Å². The van der Waals surface area contributed by atoms with Crippen LogP contribution in [0.4, 0.5) is 24.0 Å². The molecule has 4 aromatic rings. The maximum atomic E-state index is 17.2. The molecule has 3 aliphatic rings. The molecule has 2 aromatic heterocycles. The van der Waals surface area contributed by atoms with Crippen molar-refractivity contribution < 1.29 is 27.4 Å². The summed E-state index contributed by atoms with van der Waals surface area (Å²) in [6.45, 7) is 5.31. The number of alkyl halides is 1. The zero-order valence-electron chi connectivity index (χ0n) is 26.6. The lowest BCUT2D eigenvalue weighted by molar-refractivity contribution is -0.128. The fourth-order valence-electron chi connectivity index (χ4n) is 7.21. The van der Waals surface area contributed by atoms with Crippen molar-refractivity contribution in [1.82, 2.24) is 19.8 Å². The first-order chi connectivity index (χ1) is 23.0. The van der Waals surface area contributed by atoms with Crippen molar-refractivity contribution in [2.45, 2.75) is 50.9 Å². The molecule has 0 unspecified atom stereocenters. The molecule has 3 atom stereocenters. The lowest BCUT2D eigenvalue weighted by Gasteiger charge is -2.31. The van der Waals surface area contributed by atoms with Crippen LogP contribution in [0.15, 0.2) is 12.1 Å². The first-order valence-corrected chi connectivity index (χ1v) is 17.0. The highest BCUT2D eigenvalue weighted by Crippen LogP contribution is 2.51. The van der Waals surface area contributed by atoms with Gasteiger partial charge in [-0.25, -0.2) is 13.2 Å². The van der Waals surface area contributed by atoms with Crippen LogP contribution in [-0.2, 0) is 4.79 Å². The van der Waals surface area contributed by atoms with E-state index in [0.717, 1.165) is 30.7 Å². The summed E-state index contributed by atoms with van der Waals surface area (Å²) in [6.07, 6.45) is 0.978. The second-order valence-corrected chi connectivity index (χ2v) is 14.1. The van der Waals surface area contributed by atoms with Crippen LogP contribution >= 0.6 is 22.9 Å². The van der Waals surface area contributed by atoms with Gasteiger partial charge in [0.15, 0.2) is 11.6 Å². The lowest BCUT2D eigenvalue weighted by Crippen LogP contribution is -2.45. The molecule has 0 saturated carbocycles. The highest BCUT2D eigenvalue weighted by Gasteiger charge is 2.49. The van der Waals surface area contributed by atoms with Crippen LogP contribution in [0.25, 0.3) is 32.1 Å². The number of carbonyl (C=O) groups is 1. The molecular formula is C33H33ClF3N7O3S. The molecule has 1 amide bonds. The van der Waals surface area contributed by atoms with Gasteiger partial charge in [0.05, 0.1) is 38.8 Å². The van der Waals surface area contributed by atoms with E-state index >= 15 is 4.39 Å². The van der Waals surface area contributed by atoms with Gasteiger partial charge >= 0.3 is 6.01 Å². The molecule has 2 N–H and O–H groups in total. The first kappa shape index (κ1) is 32.5. The van der Waals surface area contributed by atoms with Crippen LogP contribution in [0.2, 0.25) is 5.02 Å². The van der Waals surface area contributed by atoms with Gasteiger partial charge in [-0.15, -0.1) is 11.3 Å². The third-order valence-electron chi connectivity index (χ3n) is 9.85. The summed E-state index contributed by atoms with van der Waals surface area (Å²) in [5.74, 6) is -1.43. The number of fused-ring (bicyclic) bond motifs is 2. The van der Waals surface area contributed by atoms with Gasteiger partial charge in [-0.05, 0) is 44.9 Å². The average Bonchev–Trinajstić information content (AvgIpc) is 3.68. The number of benzene rings is 2. The van der Waals surface area contributed by atoms with Gasteiger partial charge in [-0.1, -0.05) is 17.7 Å². The van der Waals surface area contributed by atoms with E-state index in [2.05, 4.69) is 9.88 Å². The molecule has 0 radical (unpaired) electrons. The number of nitrogen functional groups attached to an aromatic ring is 1. The Hall–Kier alpha value is -4.06. The number of amides is 1. The van der Waals surface area contributed by atoms with Crippen molar-refractivity contribution in [3.63, 3.8) is 0 Å². The van der Waals surface area contributed by atoms with Crippen LogP contribution in [0.3, 0.4) is 0 Å². The Morgan fingerprint density at radius 3 is 2.88 bits per heavy atom. The van der Waals surface area contributed by atoms with Gasteiger partial charge in [-0.3, -0.25) is 9.69 Å². The largest absolute Gasteiger partial charge is 0.489 e. The van der Waals surface area contributed by atoms with Crippen LogP contribution < -0.4 is 20.1 Å². The number of anilines is 2. The highest BCUT2D eigenvalue weighted by atomic mass is 35.5. The van der Waals surface area contributed by atoms with E-state index in [1.165, 1.54) is 12.1 Å². The number of nitrogens with two attached hydrogens (primary N) is 1. The molecule has 10 nitrogen and oxygen atoms in total. The van der Waals surface area contributed by atoms with Gasteiger partial charge in [0, 0.05) is 37.5 Å². The summed E-state index contributed by atoms with van der Waals surface area (Å²) in [5.41, 5.74) is 5.33. The van der Waals surface area contributed by atoms with Crippen LogP contribution in [0, 0.1) is 23.0 Å². The topological polar surface area (TPSA) is 121 Å². The molecule has 3 aliphatic heterocycles. The Balaban J connectivity index is 1.45. The summed E-state index contributed by atoms with van der Waals surface area (Å²) in [6, 6.07) is 3.94. The number of likely N-dealkylation sites (N-methyl/N-ethyl adjacent to an activating group) is 1. The fraction of sp³-hybridized carbons (Fsp3) is 0.455. The molecule has 5 heterocycles. The van der Waals surface area contributed by atoms with Crippen LogP contribution in [0.5, 0.6) is 11.8 Å². The van der Waals surface area contributed by atoms with Crippen LogP contribution in [0.1, 0.15) is 38.7 Å². The maximum absolute atomic E-state index is 17.2. The van der Waals surface area contributed by atoms with E-state index in [1.807, 2.05) is 19.9 Å². The predicted molar refractivity (Wildman–Crippen MR) is 179 cm³/mol. The van der Waals surface area contributed by atoms with E-state index in [0.29, 0.717) is 19.5 Å². The predicted octanol–water partition coefficient (Wildman–Crippen LogP) is 5.92. The number of nitriles is 1. The van der Waals surface area contributed by atoms with Gasteiger partial charge in [0.25, 0.3) is 0 Å². The van der Waals surface area contributed by atoms with Crippen molar-refractivity contribution in [3.05, 3.63) is 34.4 Å². The molecule has 0 aliphatic carbocycles. The number of carbonyl (C=O) groups excluding carboxylic acids is 1. The summed E-state index contributed by atoms with van der Waals surface area (Å²) >= 11 is 7.88. The Bertz CT molecular complexity index is 2020. The number of halogens is 4. The number of ether oxygens (including phenoxy) is 2. The van der Waals surface area contributed by atoms with Crippen molar-refractivity contribution in [2.24, 2.45) is 0 Å². The molecule has 7 rings (SSSR count). The number of hydrogen-bond donors (Lipinski definition) is 1. The van der Waals surface area contributed by atoms with Gasteiger partial charge < -0.3 is 25.0 Å². The number of nitrogens with zero attached hydrogens (tertiary/aromatic N) is 6. The molecular weight excluding hydrogens is 667 g/mol.